The van der Waals surface area contributed by atoms with Crippen LogP contribution in [0.25, 0.3) is 6.08 Å². The first-order valence-electron chi connectivity index (χ1n) is 4.85. The number of halogens is 6. The Morgan fingerprint density at radius 3 is 1.70 bits per heavy atom. The molecule has 3 nitrogen and oxygen atoms in total. The summed E-state index contributed by atoms with van der Waals surface area (Å²) in [5, 5.41) is 17.4. The molecule has 110 valence electrons. The first kappa shape index (κ1) is 15.9. The molecule has 0 unspecified atom stereocenters. The molecule has 0 aliphatic rings. The number of phenols is 1. The lowest BCUT2D eigenvalue weighted by molar-refractivity contribution is -0.145. The van der Waals surface area contributed by atoms with Gasteiger partial charge in [-0.2, -0.15) is 26.3 Å². The zero-order valence-corrected chi connectivity index (χ0v) is 9.38. The highest BCUT2D eigenvalue weighted by atomic mass is 19.4. The molecule has 0 atom stereocenters. The molecule has 0 aliphatic carbocycles. The lowest BCUT2D eigenvalue weighted by Crippen LogP contribution is -2.12. The first-order valence-corrected chi connectivity index (χ1v) is 4.85. The third-order valence-corrected chi connectivity index (χ3v) is 2.16. The van der Waals surface area contributed by atoms with Crippen LogP contribution in [-0.4, -0.2) is 16.2 Å². The van der Waals surface area contributed by atoms with Crippen molar-refractivity contribution < 1.29 is 41.4 Å². The van der Waals surface area contributed by atoms with E-state index in [-0.39, 0.29) is 12.1 Å². The molecule has 1 aromatic carbocycles. The number of carboxylic acid groups (broad SMARTS) is 1. The van der Waals surface area contributed by atoms with Crippen molar-refractivity contribution in [2.75, 3.05) is 0 Å². The summed E-state index contributed by atoms with van der Waals surface area (Å²) in [5.41, 5.74) is -4.43. The molecule has 0 fully saturated rings. The highest BCUT2D eigenvalue weighted by molar-refractivity contribution is 5.85. The standard InChI is InChI=1S/C11H6F6O3/c12-10(13,14)6-3-5(1-2-8(18)19)4-7(9(6)20)11(15,16)17/h1-4,20H,(H,18,19)/b2-1+. The molecule has 0 aromatic heterocycles. The summed E-state index contributed by atoms with van der Waals surface area (Å²) in [5.74, 6) is -3.49. The third-order valence-electron chi connectivity index (χ3n) is 2.16. The molecule has 0 bridgehead atoms. The molecule has 20 heavy (non-hydrogen) atoms. The van der Waals surface area contributed by atoms with Gasteiger partial charge in [-0.05, 0) is 23.8 Å². The highest BCUT2D eigenvalue weighted by Crippen LogP contribution is 2.44. The van der Waals surface area contributed by atoms with E-state index in [1.165, 1.54) is 0 Å². The summed E-state index contributed by atoms with van der Waals surface area (Å²) in [6.45, 7) is 0. The minimum atomic E-state index is -5.21. The van der Waals surface area contributed by atoms with Gasteiger partial charge in [-0.3, -0.25) is 0 Å². The predicted octanol–water partition coefficient (Wildman–Crippen LogP) is 3.53. The molecule has 0 heterocycles. The number of hydrogen-bond acceptors (Lipinski definition) is 2. The van der Waals surface area contributed by atoms with Crippen LogP contribution in [0.4, 0.5) is 26.3 Å². The maximum atomic E-state index is 12.5. The van der Waals surface area contributed by atoms with Crippen LogP contribution < -0.4 is 0 Å². The Labute approximate surface area is 107 Å². The molecular weight excluding hydrogens is 294 g/mol. The van der Waals surface area contributed by atoms with E-state index in [4.69, 9.17) is 10.2 Å². The van der Waals surface area contributed by atoms with Crippen molar-refractivity contribution in [3.63, 3.8) is 0 Å². The van der Waals surface area contributed by atoms with Crippen molar-refractivity contribution in [1.82, 2.24) is 0 Å². The minimum absolute atomic E-state index is 0.226. The molecular formula is C11H6F6O3. The molecule has 2 N–H and O–H groups in total. The van der Waals surface area contributed by atoms with Crippen LogP contribution in [0.2, 0.25) is 0 Å². The largest absolute Gasteiger partial charge is 0.507 e. The summed E-state index contributed by atoms with van der Waals surface area (Å²) in [4.78, 5) is 10.2. The average Bonchev–Trinajstić information content (AvgIpc) is 2.24. The number of rotatable bonds is 2. The molecule has 9 heteroatoms. The van der Waals surface area contributed by atoms with Gasteiger partial charge in [0.15, 0.2) is 0 Å². The van der Waals surface area contributed by atoms with Crippen molar-refractivity contribution in [2.24, 2.45) is 0 Å². The topological polar surface area (TPSA) is 57.5 Å². The van der Waals surface area contributed by atoms with E-state index < -0.39 is 40.8 Å². The van der Waals surface area contributed by atoms with Gasteiger partial charge < -0.3 is 10.2 Å². The van der Waals surface area contributed by atoms with E-state index in [2.05, 4.69) is 0 Å². The average molecular weight is 300 g/mol. The monoisotopic (exact) mass is 300 g/mol. The molecule has 0 radical (unpaired) electrons. The fraction of sp³-hybridized carbons (Fsp3) is 0.182. The van der Waals surface area contributed by atoms with Crippen LogP contribution in [-0.2, 0) is 17.1 Å². The summed E-state index contributed by atoms with van der Waals surface area (Å²) in [6, 6.07) is 0.452. The van der Waals surface area contributed by atoms with Crippen LogP contribution in [0.1, 0.15) is 16.7 Å². The van der Waals surface area contributed by atoms with Gasteiger partial charge in [-0.1, -0.05) is 0 Å². The summed E-state index contributed by atoms with van der Waals surface area (Å²) in [7, 11) is 0. The van der Waals surface area contributed by atoms with Gasteiger partial charge in [0.25, 0.3) is 0 Å². The molecule has 1 rings (SSSR count). The van der Waals surface area contributed by atoms with E-state index in [9.17, 15) is 31.1 Å². The fourth-order valence-electron chi connectivity index (χ4n) is 1.35. The van der Waals surface area contributed by atoms with Gasteiger partial charge in [-0.15, -0.1) is 0 Å². The minimum Gasteiger partial charge on any atom is -0.507 e. The fourth-order valence-corrected chi connectivity index (χ4v) is 1.35. The zero-order valence-electron chi connectivity index (χ0n) is 9.38. The molecule has 0 spiro atoms. The second-order valence-electron chi connectivity index (χ2n) is 3.63. The normalized spacial score (nSPS) is 12.9. The number of carbonyl (C=O) groups is 1. The van der Waals surface area contributed by atoms with Gasteiger partial charge in [0.2, 0.25) is 0 Å². The molecule has 1 aromatic rings. The lowest BCUT2D eigenvalue weighted by atomic mass is 10.0. The van der Waals surface area contributed by atoms with Gasteiger partial charge in [0, 0.05) is 6.08 Å². The number of alkyl halides is 6. The van der Waals surface area contributed by atoms with Crippen molar-refractivity contribution in [1.29, 1.82) is 0 Å². The van der Waals surface area contributed by atoms with E-state index in [1.54, 1.807) is 0 Å². The molecule has 0 amide bonds. The van der Waals surface area contributed by atoms with Gasteiger partial charge in [0.1, 0.15) is 5.75 Å². The quantitative estimate of drug-likeness (QED) is 0.649. The highest BCUT2D eigenvalue weighted by Gasteiger charge is 2.41. The van der Waals surface area contributed by atoms with E-state index in [0.29, 0.717) is 12.2 Å². The van der Waals surface area contributed by atoms with Crippen LogP contribution >= 0.6 is 0 Å². The van der Waals surface area contributed by atoms with Crippen molar-refractivity contribution in [2.45, 2.75) is 12.4 Å². The Hall–Kier alpha value is -2.19. The third kappa shape index (κ3) is 3.65. The molecule has 0 saturated heterocycles. The summed E-state index contributed by atoms with van der Waals surface area (Å²) in [6.07, 6.45) is -9.48. The maximum Gasteiger partial charge on any atom is 0.419 e. The lowest BCUT2D eigenvalue weighted by Gasteiger charge is -2.15. The second kappa shape index (κ2) is 5.06. The SMILES string of the molecule is O=C(O)/C=C/c1cc(C(F)(F)F)c(O)c(C(F)(F)F)c1. The first-order chi connectivity index (χ1) is 8.93. The summed E-state index contributed by atoms with van der Waals surface area (Å²) < 4.78 is 75.2. The zero-order chi connectivity index (χ0) is 15.7. The van der Waals surface area contributed by atoms with Crippen LogP contribution in [0.5, 0.6) is 5.75 Å². The Bertz CT molecular complexity index is 521. The number of phenolic OH excluding ortho intramolecular Hbond substituents is 1. The van der Waals surface area contributed by atoms with Crippen LogP contribution in [0.15, 0.2) is 18.2 Å². The van der Waals surface area contributed by atoms with E-state index in [0.717, 1.165) is 0 Å². The smallest absolute Gasteiger partial charge is 0.419 e. The Balaban J connectivity index is 3.54. The van der Waals surface area contributed by atoms with Crippen LogP contribution in [0.3, 0.4) is 0 Å². The molecule has 0 saturated carbocycles. The summed E-state index contributed by atoms with van der Waals surface area (Å²) >= 11 is 0. The number of benzene rings is 1. The van der Waals surface area contributed by atoms with Crippen LogP contribution in [0, 0.1) is 0 Å². The number of aliphatic carboxylic acids is 1. The van der Waals surface area contributed by atoms with Crippen molar-refractivity contribution in [3.8, 4) is 5.75 Å². The predicted molar refractivity (Wildman–Crippen MR) is 54.8 cm³/mol. The Morgan fingerprint density at radius 2 is 1.40 bits per heavy atom. The van der Waals surface area contributed by atoms with Gasteiger partial charge in [0.05, 0.1) is 11.1 Å². The van der Waals surface area contributed by atoms with E-state index >= 15 is 0 Å². The Morgan fingerprint density at radius 1 is 1.00 bits per heavy atom. The number of aromatic hydroxyl groups is 1. The number of hydrogen-bond donors (Lipinski definition) is 2. The van der Waals surface area contributed by atoms with Gasteiger partial charge >= 0.3 is 18.3 Å². The van der Waals surface area contributed by atoms with Gasteiger partial charge in [-0.25, -0.2) is 4.79 Å². The maximum absolute atomic E-state index is 12.5. The molecule has 0 aliphatic heterocycles. The van der Waals surface area contributed by atoms with Crippen molar-refractivity contribution in [3.05, 3.63) is 34.9 Å². The Kier molecular flexibility index (Phi) is 4.02. The van der Waals surface area contributed by atoms with E-state index in [1.807, 2.05) is 0 Å². The number of carboxylic acids is 1. The van der Waals surface area contributed by atoms with Crippen molar-refractivity contribution >= 4 is 12.0 Å². The second-order valence-corrected chi connectivity index (χ2v) is 3.63.